The molecule has 5 heteroatoms. The Morgan fingerprint density at radius 2 is 2.64 bits per heavy atom. The average Bonchev–Trinajstić information content (AvgIpc) is 2.87. The molecule has 1 N–H and O–H groups in total. The van der Waals surface area contributed by atoms with E-state index in [2.05, 4.69) is 16.3 Å². The number of nitriles is 1. The number of aromatic amines is 1. The molecule has 2 rings (SSSR count). The molecule has 2 heterocycles. The van der Waals surface area contributed by atoms with Crippen molar-refractivity contribution in [1.29, 1.82) is 5.26 Å². The van der Waals surface area contributed by atoms with E-state index in [4.69, 9.17) is 5.26 Å². The maximum Gasteiger partial charge on any atom is 0.258 e. The molecule has 5 nitrogen and oxygen atoms in total. The highest BCUT2D eigenvalue weighted by molar-refractivity contribution is 5.94. The van der Waals surface area contributed by atoms with E-state index < -0.39 is 0 Å². The van der Waals surface area contributed by atoms with E-state index in [-0.39, 0.29) is 11.9 Å². The molecule has 0 aromatic carbocycles. The first-order chi connectivity index (χ1) is 6.83. The highest BCUT2D eigenvalue weighted by atomic mass is 16.2. The lowest BCUT2D eigenvalue weighted by atomic mass is 10.2. The summed E-state index contributed by atoms with van der Waals surface area (Å²) in [6, 6.07) is 1.87. The molecule has 0 aliphatic carbocycles. The van der Waals surface area contributed by atoms with Crippen molar-refractivity contribution < 1.29 is 4.79 Å². The van der Waals surface area contributed by atoms with Gasteiger partial charge < -0.3 is 4.90 Å². The Morgan fingerprint density at radius 3 is 3.29 bits per heavy atom. The third-order valence-corrected chi connectivity index (χ3v) is 2.41. The molecule has 1 aromatic heterocycles. The molecule has 72 valence electrons. The summed E-state index contributed by atoms with van der Waals surface area (Å²) in [5.74, 6) is -0.109. The normalized spacial score (nSPS) is 20.8. The van der Waals surface area contributed by atoms with Crippen LogP contribution in [0.1, 0.15) is 23.2 Å². The van der Waals surface area contributed by atoms with Crippen LogP contribution in [0.4, 0.5) is 0 Å². The number of carbonyl (C=O) groups excluding carboxylic acids is 1. The SMILES string of the molecule is N#CC1CCCN1C(=O)c1cn[nH]c1. The van der Waals surface area contributed by atoms with Crippen LogP contribution in [0.25, 0.3) is 0 Å². The van der Waals surface area contributed by atoms with Gasteiger partial charge in [-0.05, 0) is 12.8 Å². The second-order valence-corrected chi connectivity index (χ2v) is 3.27. The van der Waals surface area contributed by atoms with Gasteiger partial charge in [0.15, 0.2) is 0 Å². The Labute approximate surface area is 81.3 Å². The van der Waals surface area contributed by atoms with Gasteiger partial charge in [-0.3, -0.25) is 9.89 Å². The maximum atomic E-state index is 11.8. The van der Waals surface area contributed by atoms with Gasteiger partial charge in [-0.1, -0.05) is 0 Å². The predicted octanol–water partition coefficient (Wildman–Crippen LogP) is 0.538. The summed E-state index contributed by atoms with van der Waals surface area (Å²) in [7, 11) is 0. The quantitative estimate of drug-likeness (QED) is 0.702. The molecule has 1 saturated heterocycles. The van der Waals surface area contributed by atoms with E-state index in [1.165, 1.54) is 6.20 Å². The first-order valence-electron chi connectivity index (χ1n) is 4.52. The third kappa shape index (κ3) is 1.35. The minimum Gasteiger partial charge on any atom is -0.323 e. The number of rotatable bonds is 1. The average molecular weight is 190 g/mol. The zero-order valence-electron chi connectivity index (χ0n) is 7.60. The standard InChI is InChI=1S/C9H10N4O/c10-4-8-2-1-3-13(8)9(14)7-5-11-12-6-7/h5-6,8H,1-3H2,(H,11,12). The Hall–Kier alpha value is -1.83. The van der Waals surface area contributed by atoms with Crippen LogP contribution < -0.4 is 0 Å². The molecule has 0 saturated carbocycles. The molecular formula is C9H10N4O. The highest BCUT2D eigenvalue weighted by Crippen LogP contribution is 2.18. The van der Waals surface area contributed by atoms with E-state index in [9.17, 15) is 4.79 Å². The molecule has 1 amide bonds. The number of amides is 1. The lowest BCUT2D eigenvalue weighted by Crippen LogP contribution is -2.34. The van der Waals surface area contributed by atoms with E-state index in [0.29, 0.717) is 12.1 Å². The third-order valence-electron chi connectivity index (χ3n) is 2.41. The number of aromatic nitrogens is 2. The molecule has 1 aliphatic heterocycles. The smallest absolute Gasteiger partial charge is 0.258 e. The molecular weight excluding hydrogens is 180 g/mol. The van der Waals surface area contributed by atoms with E-state index >= 15 is 0 Å². The Morgan fingerprint density at radius 1 is 1.79 bits per heavy atom. The second-order valence-electron chi connectivity index (χ2n) is 3.27. The molecule has 1 aliphatic rings. The van der Waals surface area contributed by atoms with Crippen LogP contribution in [-0.4, -0.2) is 33.6 Å². The number of nitrogens with zero attached hydrogens (tertiary/aromatic N) is 3. The monoisotopic (exact) mass is 190 g/mol. The lowest BCUT2D eigenvalue weighted by Gasteiger charge is -2.18. The van der Waals surface area contributed by atoms with Crippen LogP contribution in [-0.2, 0) is 0 Å². The van der Waals surface area contributed by atoms with Crippen LogP contribution in [0.2, 0.25) is 0 Å². The van der Waals surface area contributed by atoms with Crippen molar-refractivity contribution in [3.05, 3.63) is 18.0 Å². The summed E-state index contributed by atoms with van der Waals surface area (Å²) in [5.41, 5.74) is 0.521. The highest BCUT2D eigenvalue weighted by Gasteiger charge is 2.29. The number of H-pyrrole nitrogens is 1. The molecule has 0 radical (unpaired) electrons. The maximum absolute atomic E-state index is 11.8. The summed E-state index contributed by atoms with van der Waals surface area (Å²) < 4.78 is 0. The number of hydrogen-bond donors (Lipinski definition) is 1. The van der Waals surface area contributed by atoms with E-state index in [0.717, 1.165) is 12.8 Å². The largest absolute Gasteiger partial charge is 0.323 e. The van der Waals surface area contributed by atoms with Crippen molar-refractivity contribution >= 4 is 5.91 Å². The number of hydrogen-bond acceptors (Lipinski definition) is 3. The fourth-order valence-corrected chi connectivity index (χ4v) is 1.68. The molecule has 1 unspecified atom stereocenters. The van der Waals surface area contributed by atoms with Gasteiger partial charge in [0.1, 0.15) is 6.04 Å². The summed E-state index contributed by atoms with van der Waals surface area (Å²) in [6.45, 7) is 0.669. The minimum absolute atomic E-state index is 0.109. The topological polar surface area (TPSA) is 72.8 Å². The van der Waals surface area contributed by atoms with Gasteiger partial charge in [0.2, 0.25) is 0 Å². The number of carbonyl (C=O) groups is 1. The number of likely N-dealkylation sites (tertiary alicyclic amines) is 1. The summed E-state index contributed by atoms with van der Waals surface area (Å²) >= 11 is 0. The van der Waals surface area contributed by atoms with Crippen LogP contribution in [0.15, 0.2) is 12.4 Å². The Bertz CT molecular complexity index is 365. The van der Waals surface area contributed by atoms with Crippen molar-refractivity contribution in [2.75, 3.05) is 6.54 Å². The van der Waals surface area contributed by atoms with Crippen molar-refractivity contribution in [3.8, 4) is 6.07 Å². The van der Waals surface area contributed by atoms with Crippen LogP contribution in [0, 0.1) is 11.3 Å². The number of nitrogens with one attached hydrogen (secondary N) is 1. The van der Waals surface area contributed by atoms with Crippen molar-refractivity contribution in [2.24, 2.45) is 0 Å². The Kier molecular flexibility index (Phi) is 2.19. The molecule has 1 atom stereocenters. The summed E-state index contributed by atoms with van der Waals surface area (Å²) in [6.07, 6.45) is 4.71. The van der Waals surface area contributed by atoms with E-state index in [1.54, 1.807) is 11.1 Å². The predicted molar refractivity (Wildman–Crippen MR) is 48.3 cm³/mol. The zero-order chi connectivity index (χ0) is 9.97. The van der Waals surface area contributed by atoms with E-state index in [1.807, 2.05) is 0 Å². The van der Waals surface area contributed by atoms with Crippen molar-refractivity contribution in [3.63, 3.8) is 0 Å². The molecule has 1 fully saturated rings. The van der Waals surface area contributed by atoms with Gasteiger partial charge in [-0.25, -0.2) is 0 Å². The van der Waals surface area contributed by atoms with Gasteiger partial charge in [0.05, 0.1) is 17.8 Å². The van der Waals surface area contributed by atoms with Crippen molar-refractivity contribution in [2.45, 2.75) is 18.9 Å². The van der Waals surface area contributed by atoms with Crippen LogP contribution in [0.5, 0.6) is 0 Å². The fourth-order valence-electron chi connectivity index (χ4n) is 1.68. The lowest BCUT2D eigenvalue weighted by molar-refractivity contribution is 0.0765. The van der Waals surface area contributed by atoms with Crippen LogP contribution in [0.3, 0.4) is 0 Å². The van der Waals surface area contributed by atoms with Gasteiger partial charge >= 0.3 is 0 Å². The van der Waals surface area contributed by atoms with Gasteiger partial charge in [-0.15, -0.1) is 0 Å². The first-order valence-corrected chi connectivity index (χ1v) is 4.52. The first kappa shape index (κ1) is 8.75. The molecule has 0 spiro atoms. The van der Waals surface area contributed by atoms with Gasteiger partial charge in [0.25, 0.3) is 5.91 Å². The fraction of sp³-hybridized carbons (Fsp3) is 0.444. The zero-order valence-corrected chi connectivity index (χ0v) is 7.60. The summed E-state index contributed by atoms with van der Waals surface area (Å²) in [4.78, 5) is 13.4. The molecule has 0 bridgehead atoms. The second kappa shape index (κ2) is 3.50. The molecule has 14 heavy (non-hydrogen) atoms. The van der Waals surface area contributed by atoms with Gasteiger partial charge in [0, 0.05) is 12.7 Å². The Balaban J connectivity index is 2.16. The van der Waals surface area contributed by atoms with Crippen molar-refractivity contribution in [1.82, 2.24) is 15.1 Å². The molecule has 1 aromatic rings. The van der Waals surface area contributed by atoms with Crippen LogP contribution >= 0.6 is 0 Å². The minimum atomic E-state index is -0.266. The van der Waals surface area contributed by atoms with Gasteiger partial charge in [-0.2, -0.15) is 10.4 Å². The summed E-state index contributed by atoms with van der Waals surface area (Å²) in [5, 5.41) is 15.1.